The number of carboxylic acid groups (broad SMARTS) is 1. The highest BCUT2D eigenvalue weighted by Gasteiger charge is 2.31. The molecule has 0 saturated carbocycles. The Morgan fingerprint density at radius 1 is 1.03 bits per heavy atom. The summed E-state index contributed by atoms with van der Waals surface area (Å²) < 4.78 is 51.9. The van der Waals surface area contributed by atoms with E-state index < -0.39 is 17.7 Å². The van der Waals surface area contributed by atoms with Crippen LogP contribution in [0.15, 0.2) is 60.7 Å². The average molecular weight is 521 g/mol. The lowest BCUT2D eigenvalue weighted by Crippen LogP contribution is -2.16. The van der Waals surface area contributed by atoms with E-state index in [1.807, 2.05) is 32.0 Å². The molecule has 1 atom stereocenters. The van der Waals surface area contributed by atoms with Gasteiger partial charge in [0.1, 0.15) is 11.5 Å². The number of rotatable bonds is 11. The minimum absolute atomic E-state index is 0.0734. The van der Waals surface area contributed by atoms with Gasteiger partial charge in [0.25, 0.3) is 0 Å². The smallest absolute Gasteiger partial charge is 0.416 e. The van der Waals surface area contributed by atoms with E-state index in [4.69, 9.17) is 26.2 Å². The molecule has 0 aliphatic carbocycles. The first-order valence-electron chi connectivity index (χ1n) is 11.7. The van der Waals surface area contributed by atoms with Crippen LogP contribution in [0.3, 0.4) is 0 Å². The lowest BCUT2D eigenvalue weighted by molar-refractivity contribution is -0.138. The van der Waals surface area contributed by atoms with Crippen molar-refractivity contribution >= 4 is 17.6 Å². The summed E-state index contributed by atoms with van der Waals surface area (Å²) in [6.45, 7) is 4.18. The molecule has 0 amide bonds. The summed E-state index contributed by atoms with van der Waals surface area (Å²) in [6.07, 6.45) is -3.00. The maximum Gasteiger partial charge on any atom is 0.416 e. The summed E-state index contributed by atoms with van der Waals surface area (Å²) in [5.41, 5.74) is 2.17. The highest BCUT2D eigenvalue weighted by atomic mass is 35.5. The minimum Gasteiger partial charge on any atom is -0.493 e. The van der Waals surface area contributed by atoms with Gasteiger partial charge >= 0.3 is 12.1 Å². The molecule has 0 fully saturated rings. The predicted octanol–water partition coefficient (Wildman–Crippen LogP) is 7.84. The van der Waals surface area contributed by atoms with Gasteiger partial charge in [-0.15, -0.1) is 0 Å². The quantitative estimate of drug-likeness (QED) is 0.280. The van der Waals surface area contributed by atoms with Crippen LogP contribution >= 0.6 is 11.6 Å². The van der Waals surface area contributed by atoms with Crippen LogP contribution < -0.4 is 9.47 Å². The van der Waals surface area contributed by atoms with Crippen molar-refractivity contribution in [3.63, 3.8) is 0 Å². The number of halogens is 4. The fraction of sp³-hybridized carbons (Fsp3) is 0.321. The molecule has 0 radical (unpaired) electrons. The fourth-order valence-corrected chi connectivity index (χ4v) is 3.92. The highest BCUT2D eigenvalue weighted by Crippen LogP contribution is 2.38. The number of hydrogen-bond acceptors (Lipinski definition) is 3. The Morgan fingerprint density at radius 3 is 2.39 bits per heavy atom. The van der Waals surface area contributed by atoms with E-state index in [0.29, 0.717) is 47.1 Å². The average Bonchev–Trinajstić information content (AvgIpc) is 2.83. The van der Waals surface area contributed by atoms with E-state index in [1.165, 1.54) is 6.07 Å². The van der Waals surface area contributed by atoms with Crippen LogP contribution in [0.25, 0.3) is 11.1 Å². The second kappa shape index (κ2) is 12.2. The normalized spacial score (nSPS) is 12.3. The molecule has 0 spiro atoms. The first-order chi connectivity index (χ1) is 17.1. The summed E-state index contributed by atoms with van der Waals surface area (Å²) in [5, 5.41) is 9.40. The van der Waals surface area contributed by atoms with Crippen LogP contribution in [-0.4, -0.2) is 23.8 Å². The van der Waals surface area contributed by atoms with Crippen molar-refractivity contribution < 1.29 is 32.5 Å². The summed E-state index contributed by atoms with van der Waals surface area (Å²) in [6, 6.07) is 15.6. The molecule has 0 heterocycles. The topological polar surface area (TPSA) is 55.8 Å². The molecule has 0 bridgehead atoms. The van der Waals surface area contributed by atoms with E-state index >= 15 is 0 Å². The van der Waals surface area contributed by atoms with Crippen LogP contribution in [0.2, 0.25) is 5.02 Å². The molecule has 3 rings (SSSR count). The number of aryl methyl sites for hydroxylation is 2. The van der Waals surface area contributed by atoms with Crippen LogP contribution in [0.1, 0.15) is 43.4 Å². The SMILES string of the molecule is CCc1cc(OCCC(C)Oc2ccc(C(F)(F)F)cc2-c2ccc(Cl)cc2)ccc1CCC(=O)O. The molecule has 0 saturated heterocycles. The van der Waals surface area contributed by atoms with Gasteiger partial charge in [-0.25, -0.2) is 0 Å². The second-order valence-corrected chi connectivity index (χ2v) is 8.90. The molecular weight excluding hydrogens is 493 g/mol. The molecule has 4 nitrogen and oxygen atoms in total. The maximum absolute atomic E-state index is 13.3. The van der Waals surface area contributed by atoms with Gasteiger partial charge in [-0.05, 0) is 78.9 Å². The van der Waals surface area contributed by atoms with Crippen LogP contribution in [-0.2, 0) is 23.8 Å². The van der Waals surface area contributed by atoms with Gasteiger partial charge in [0.05, 0.1) is 18.3 Å². The molecule has 3 aromatic rings. The van der Waals surface area contributed by atoms with Gasteiger partial charge in [0.15, 0.2) is 0 Å². The molecular formula is C28H28ClF3O4. The summed E-state index contributed by atoms with van der Waals surface area (Å²) in [7, 11) is 0. The van der Waals surface area contributed by atoms with Crippen molar-refractivity contribution in [1.29, 1.82) is 0 Å². The molecule has 1 N–H and O–H groups in total. The van der Waals surface area contributed by atoms with Crippen molar-refractivity contribution in [2.75, 3.05) is 6.61 Å². The van der Waals surface area contributed by atoms with Crippen molar-refractivity contribution in [3.05, 3.63) is 82.4 Å². The lowest BCUT2D eigenvalue weighted by atomic mass is 10.0. The van der Waals surface area contributed by atoms with Gasteiger partial charge in [-0.2, -0.15) is 13.2 Å². The molecule has 0 aromatic heterocycles. The Bertz CT molecular complexity index is 1180. The number of hydrogen-bond donors (Lipinski definition) is 1. The largest absolute Gasteiger partial charge is 0.493 e. The van der Waals surface area contributed by atoms with Crippen LogP contribution in [0.4, 0.5) is 13.2 Å². The Balaban J connectivity index is 1.67. The molecule has 1 unspecified atom stereocenters. The van der Waals surface area contributed by atoms with Crippen LogP contribution in [0.5, 0.6) is 11.5 Å². The van der Waals surface area contributed by atoms with E-state index in [9.17, 15) is 18.0 Å². The van der Waals surface area contributed by atoms with Crippen molar-refractivity contribution in [1.82, 2.24) is 0 Å². The number of benzene rings is 3. The predicted molar refractivity (Wildman–Crippen MR) is 134 cm³/mol. The number of aliphatic carboxylic acids is 1. The van der Waals surface area contributed by atoms with Gasteiger partial charge in [-0.3, -0.25) is 4.79 Å². The Kier molecular flexibility index (Phi) is 9.26. The van der Waals surface area contributed by atoms with E-state index in [0.717, 1.165) is 29.7 Å². The van der Waals surface area contributed by atoms with Gasteiger partial charge in [-0.1, -0.05) is 36.7 Å². The van der Waals surface area contributed by atoms with E-state index in [1.54, 1.807) is 24.3 Å². The van der Waals surface area contributed by atoms with E-state index in [2.05, 4.69) is 0 Å². The zero-order chi connectivity index (χ0) is 26.3. The molecule has 3 aromatic carbocycles. The summed E-state index contributed by atoms with van der Waals surface area (Å²) in [5.74, 6) is 0.182. The monoisotopic (exact) mass is 520 g/mol. The minimum atomic E-state index is -4.47. The van der Waals surface area contributed by atoms with Gasteiger partial charge < -0.3 is 14.6 Å². The summed E-state index contributed by atoms with van der Waals surface area (Å²) >= 11 is 5.94. The molecule has 0 aliphatic rings. The Morgan fingerprint density at radius 2 is 1.75 bits per heavy atom. The third kappa shape index (κ3) is 7.65. The Hall–Kier alpha value is -3.19. The maximum atomic E-state index is 13.3. The number of carboxylic acids is 1. The molecule has 0 aliphatic heterocycles. The fourth-order valence-electron chi connectivity index (χ4n) is 3.79. The first-order valence-corrected chi connectivity index (χ1v) is 12.0. The number of ether oxygens (including phenoxy) is 2. The zero-order valence-corrected chi connectivity index (χ0v) is 20.8. The van der Waals surface area contributed by atoms with Crippen molar-refractivity contribution in [3.8, 4) is 22.6 Å². The lowest BCUT2D eigenvalue weighted by Gasteiger charge is -2.19. The molecule has 36 heavy (non-hydrogen) atoms. The zero-order valence-electron chi connectivity index (χ0n) is 20.1. The molecule has 8 heteroatoms. The molecule has 192 valence electrons. The standard InChI is InChI=1S/C28H28ClF3O4/c1-3-19-16-24(11-6-20(19)7-13-27(33)34)35-15-14-18(2)36-26-12-8-22(28(30,31)32)17-25(26)21-4-9-23(29)10-5-21/h4-6,8-12,16-18H,3,7,13-15H2,1-2H3,(H,33,34). The Labute approximate surface area is 213 Å². The van der Waals surface area contributed by atoms with Crippen molar-refractivity contribution in [2.24, 2.45) is 0 Å². The highest BCUT2D eigenvalue weighted by molar-refractivity contribution is 6.30. The third-order valence-corrected chi connectivity index (χ3v) is 6.00. The number of carbonyl (C=O) groups is 1. The number of alkyl halides is 3. The third-order valence-electron chi connectivity index (χ3n) is 5.75. The first kappa shape index (κ1) is 27.4. The van der Waals surface area contributed by atoms with Crippen molar-refractivity contribution in [2.45, 2.75) is 51.8 Å². The second-order valence-electron chi connectivity index (χ2n) is 8.46. The van der Waals surface area contributed by atoms with Gasteiger partial charge in [0, 0.05) is 23.4 Å². The van der Waals surface area contributed by atoms with Gasteiger partial charge in [0.2, 0.25) is 0 Å². The van der Waals surface area contributed by atoms with E-state index in [-0.39, 0.29) is 12.5 Å². The van der Waals surface area contributed by atoms with Crippen LogP contribution in [0, 0.1) is 0 Å². The summed E-state index contributed by atoms with van der Waals surface area (Å²) in [4.78, 5) is 10.9.